The van der Waals surface area contributed by atoms with Gasteiger partial charge in [-0.2, -0.15) is 0 Å². The minimum absolute atomic E-state index is 0.0400. The highest BCUT2D eigenvalue weighted by Gasteiger charge is 2.34. The van der Waals surface area contributed by atoms with Crippen LogP contribution in [0.1, 0.15) is 69.3 Å². The third kappa shape index (κ3) is 4.55. The zero-order valence-corrected chi connectivity index (χ0v) is 17.8. The topological polar surface area (TPSA) is 41.4 Å². The number of likely N-dealkylation sites (tertiary alicyclic amines) is 2. The number of benzene rings is 1. The molecule has 1 amide bonds. The van der Waals surface area contributed by atoms with Crippen molar-refractivity contribution < 1.29 is 4.79 Å². The van der Waals surface area contributed by atoms with Gasteiger partial charge in [-0.15, -0.1) is 0 Å². The highest BCUT2D eigenvalue weighted by atomic mass is 16.2. The highest BCUT2D eigenvalue weighted by Crippen LogP contribution is 2.30. The molecule has 5 heteroatoms. The number of imidazole rings is 1. The standard InChI is InChI=1S/C24H34N4O/c1-19(2)28-17-13-25-23(28)21-11-15-26(16-12-21)24(29)22-10-6-7-14-27(22)18-20-8-4-3-5-9-20/h3-5,8-9,13,17,19,21-22H,6-7,10-12,14-16,18H2,1-2H3. The summed E-state index contributed by atoms with van der Waals surface area (Å²) in [5, 5.41) is 0. The molecule has 0 aliphatic carbocycles. The van der Waals surface area contributed by atoms with E-state index in [0.29, 0.717) is 17.9 Å². The molecule has 2 aliphatic heterocycles. The van der Waals surface area contributed by atoms with E-state index in [9.17, 15) is 4.79 Å². The van der Waals surface area contributed by atoms with Crippen molar-refractivity contribution in [3.8, 4) is 0 Å². The van der Waals surface area contributed by atoms with E-state index in [2.05, 4.69) is 69.7 Å². The molecule has 2 aromatic rings. The Kier molecular flexibility index (Phi) is 6.34. The van der Waals surface area contributed by atoms with Crippen LogP contribution in [0.15, 0.2) is 42.7 Å². The number of aromatic nitrogens is 2. The molecule has 1 aromatic carbocycles. The average Bonchev–Trinajstić information content (AvgIpc) is 3.25. The first-order chi connectivity index (χ1) is 14.1. The molecule has 0 saturated carbocycles. The zero-order chi connectivity index (χ0) is 20.2. The first kappa shape index (κ1) is 20.1. The SMILES string of the molecule is CC(C)n1ccnc1C1CCN(C(=O)C2CCCCN2Cc2ccccc2)CC1. The molecule has 2 fully saturated rings. The van der Waals surface area contributed by atoms with Gasteiger partial charge < -0.3 is 9.47 Å². The van der Waals surface area contributed by atoms with E-state index in [4.69, 9.17) is 0 Å². The third-order valence-electron chi connectivity index (χ3n) is 6.55. The molecule has 0 bridgehead atoms. The van der Waals surface area contributed by atoms with Gasteiger partial charge in [-0.25, -0.2) is 4.98 Å². The van der Waals surface area contributed by atoms with Gasteiger partial charge in [0, 0.05) is 44.0 Å². The summed E-state index contributed by atoms with van der Waals surface area (Å²) in [5.41, 5.74) is 1.30. The fourth-order valence-corrected chi connectivity index (χ4v) is 4.92. The lowest BCUT2D eigenvalue weighted by molar-refractivity contribution is -0.139. The van der Waals surface area contributed by atoms with Crippen LogP contribution in [0.4, 0.5) is 0 Å². The predicted octanol–water partition coefficient (Wildman–Crippen LogP) is 4.22. The summed E-state index contributed by atoms with van der Waals surface area (Å²) in [5.74, 6) is 1.99. The fraction of sp³-hybridized carbons (Fsp3) is 0.583. The van der Waals surface area contributed by atoms with Gasteiger partial charge in [-0.1, -0.05) is 36.8 Å². The number of carbonyl (C=O) groups excluding carboxylic acids is 1. The Bertz CT molecular complexity index is 792. The normalized spacial score (nSPS) is 21.6. The van der Waals surface area contributed by atoms with E-state index in [1.807, 2.05) is 6.20 Å². The molecule has 2 saturated heterocycles. The zero-order valence-electron chi connectivity index (χ0n) is 17.8. The first-order valence-corrected chi connectivity index (χ1v) is 11.2. The summed E-state index contributed by atoms with van der Waals surface area (Å²) in [6, 6.07) is 11.0. The molecule has 156 valence electrons. The van der Waals surface area contributed by atoms with Crippen molar-refractivity contribution in [1.29, 1.82) is 0 Å². The lowest BCUT2D eigenvalue weighted by Gasteiger charge is -2.40. The third-order valence-corrected chi connectivity index (χ3v) is 6.55. The Labute approximate surface area is 174 Å². The maximum Gasteiger partial charge on any atom is 0.239 e. The molecule has 1 aromatic heterocycles. The van der Waals surface area contributed by atoms with E-state index < -0.39 is 0 Å². The summed E-state index contributed by atoms with van der Waals surface area (Å²) < 4.78 is 2.28. The lowest BCUT2D eigenvalue weighted by Crippen LogP contribution is -2.52. The number of carbonyl (C=O) groups is 1. The van der Waals surface area contributed by atoms with Crippen molar-refractivity contribution in [1.82, 2.24) is 19.4 Å². The van der Waals surface area contributed by atoms with Crippen molar-refractivity contribution in [2.45, 2.75) is 70.5 Å². The molecule has 0 N–H and O–H groups in total. The number of rotatable bonds is 5. The number of hydrogen-bond donors (Lipinski definition) is 0. The first-order valence-electron chi connectivity index (χ1n) is 11.2. The quantitative estimate of drug-likeness (QED) is 0.762. The molecule has 3 heterocycles. The smallest absolute Gasteiger partial charge is 0.239 e. The van der Waals surface area contributed by atoms with E-state index in [1.54, 1.807) is 0 Å². The second-order valence-electron chi connectivity index (χ2n) is 8.85. The van der Waals surface area contributed by atoms with Gasteiger partial charge >= 0.3 is 0 Å². The summed E-state index contributed by atoms with van der Waals surface area (Å²) in [7, 11) is 0. The van der Waals surface area contributed by atoms with Crippen LogP contribution in [-0.2, 0) is 11.3 Å². The van der Waals surface area contributed by atoms with Gasteiger partial charge in [0.2, 0.25) is 5.91 Å². The Balaban J connectivity index is 1.38. The molecule has 1 unspecified atom stereocenters. The molecule has 29 heavy (non-hydrogen) atoms. The molecule has 0 radical (unpaired) electrons. The molecular weight excluding hydrogens is 360 g/mol. The number of piperidine rings is 2. The van der Waals surface area contributed by atoms with Crippen LogP contribution >= 0.6 is 0 Å². The summed E-state index contributed by atoms with van der Waals surface area (Å²) in [6.45, 7) is 8.00. The monoisotopic (exact) mass is 394 g/mol. The van der Waals surface area contributed by atoms with Gasteiger partial charge in [0.05, 0.1) is 6.04 Å². The highest BCUT2D eigenvalue weighted by molar-refractivity contribution is 5.82. The van der Waals surface area contributed by atoms with Crippen molar-refractivity contribution in [3.63, 3.8) is 0 Å². The van der Waals surface area contributed by atoms with Crippen LogP contribution in [0, 0.1) is 0 Å². The number of amides is 1. The van der Waals surface area contributed by atoms with Crippen LogP contribution in [0.3, 0.4) is 0 Å². The van der Waals surface area contributed by atoms with Crippen molar-refractivity contribution in [3.05, 3.63) is 54.1 Å². The van der Waals surface area contributed by atoms with E-state index >= 15 is 0 Å². The van der Waals surface area contributed by atoms with Gasteiger partial charge in [-0.3, -0.25) is 9.69 Å². The molecular formula is C24H34N4O. The van der Waals surface area contributed by atoms with Crippen LogP contribution in [0.5, 0.6) is 0 Å². The molecule has 4 rings (SSSR count). The Morgan fingerprint density at radius 1 is 1.07 bits per heavy atom. The molecule has 0 spiro atoms. The van der Waals surface area contributed by atoms with Gasteiger partial charge in [-0.05, 0) is 51.6 Å². The minimum atomic E-state index is 0.0400. The second kappa shape index (κ2) is 9.12. The predicted molar refractivity (Wildman–Crippen MR) is 116 cm³/mol. The van der Waals surface area contributed by atoms with Gasteiger partial charge in [0.1, 0.15) is 5.82 Å². The second-order valence-corrected chi connectivity index (χ2v) is 8.85. The van der Waals surface area contributed by atoms with Crippen LogP contribution in [0.25, 0.3) is 0 Å². The summed E-state index contributed by atoms with van der Waals surface area (Å²) >= 11 is 0. The molecule has 1 atom stereocenters. The molecule has 2 aliphatic rings. The maximum atomic E-state index is 13.4. The minimum Gasteiger partial charge on any atom is -0.341 e. The van der Waals surface area contributed by atoms with E-state index in [1.165, 1.54) is 17.8 Å². The van der Waals surface area contributed by atoms with Gasteiger partial charge in [0.15, 0.2) is 0 Å². The van der Waals surface area contributed by atoms with Crippen molar-refractivity contribution in [2.24, 2.45) is 0 Å². The average molecular weight is 395 g/mol. The molecule has 5 nitrogen and oxygen atoms in total. The number of nitrogens with zero attached hydrogens (tertiary/aromatic N) is 4. The Morgan fingerprint density at radius 2 is 1.83 bits per heavy atom. The number of hydrogen-bond acceptors (Lipinski definition) is 3. The van der Waals surface area contributed by atoms with E-state index in [-0.39, 0.29) is 6.04 Å². The fourth-order valence-electron chi connectivity index (χ4n) is 4.92. The Morgan fingerprint density at radius 3 is 2.55 bits per heavy atom. The van der Waals surface area contributed by atoms with Crippen LogP contribution in [-0.4, -0.2) is 50.9 Å². The van der Waals surface area contributed by atoms with E-state index in [0.717, 1.165) is 51.9 Å². The Hall–Kier alpha value is -2.14. The largest absolute Gasteiger partial charge is 0.341 e. The van der Waals surface area contributed by atoms with Crippen molar-refractivity contribution in [2.75, 3.05) is 19.6 Å². The maximum absolute atomic E-state index is 13.4. The summed E-state index contributed by atoms with van der Waals surface area (Å²) in [6.07, 6.45) is 9.36. The summed E-state index contributed by atoms with van der Waals surface area (Å²) in [4.78, 5) is 22.5. The van der Waals surface area contributed by atoms with Crippen molar-refractivity contribution >= 4 is 5.91 Å². The van der Waals surface area contributed by atoms with Crippen LogP contribution < -0.4 is 0 Å². The lowest BCUT2D eigenvalue weighted by atomic mass is 9.93. The van der Waals surface area contributed by atoms with Crippen LogP contribution in [0.2, 0.25) is 0 Å². The van der Waals surface area contributed by atoms with Gasteiger partial charge in [0.25, 0.3) is 0 Å².